The number of halogens is 1. The Bertz CT molecular complexity index is 511. The molecule has 0 aliphatic rings. The highest BCUT2D eigenvalue weighted by atomic mass is 79.9. The molecule has 0 fully saturated rings. The smallest absolute Gasteiger partial charge is 0.0794 e. The molecule has 1 heterocycles. The van der Waals surface area contributed by atoms with Crippen molar-refractivity contribution in [3.63, 3.8) is 0 Å². The van der Waals surface area contributed by atoms with Crippen LogP contribution < -0.4 is 5.32 Å². The van der Waals surface area contributed by atoms with Gasteiger partial charge < -0.3 is 5.32 Å². The van der Waals surface area contributed by atoms with Gasteiger partial charge in [0.2, 0.25) is 0 Å². The Hall–Kier alpha value is -0.710. The zero-order chi connectivity index (χ0) is 14.4. The second-order valence-electron chi connectivity index (χ2n) is 5.45. The zero-order valence-corrected chi connectivity index (χ0v) is 14.4. The lowest BCUT2D eigenvalue weighted by atomic mass is 9.94. The molecule has 1 aromatic carbocycles. The van der Waals surface area contributed by atoms with Crippen LogP contribution in [-0.2, 0) is 6.42 Å². The quantitative estimate of drug-likeness (QED) is 0.794. The van der Waals surface area contributed by atoms with Crippen LogP contribution in [0.1, 0.15) is 31.0 Å². The molecule has 4 heteroatoms. The summed E-state index contributed by atoms with van der Waals surface area (Å²) >= 11 is 5.34. The molecule has 0 aliphatic heterocycles. The molecule has 108 valence electrons. The number of rotatable bonds is 7. The van der Waals surface area contributed by atoms with Gasteiger partial charge in [-0.1, -0.05) is 48.0 Å². The van der Waals surface area contributed by atoms with Crippen LogP contribution in [0.25, 0.3) is 0 Å². The van der Waals surface area contributed by atoms with Crippen LogP contribution in [0.2, 0.25) is 0 Å². The van der Waals surface area contributed by atoms with Gasteiger partial charge in [-0.15, -0.1) is 11.3 Å². The van der Waals surface area contributed by atoms with E-state index in [1.807, 2.05) is 5.51 Å². The van der Waals surface area contributed by atoms with Crippen LogP contribution in [0.15, 0.2) is 39.6 Å². The predicted molar refractivity (Wildman–Crippen MR) is 90.4 cm³/mol. The molecular formula is C16H21BrN2S. The van der Waals surface area contributed by atoms with Crippen molar-refractivity contribution < 1.29 is 0 Å². The molecule has 1 atom stereocenters. The molecule has 0 amide bonds. The first-order valence-corrected chi connectivity index (χ1v) is 8.72. The highest BCUT2D eigenvalue weighted by Crippen LogP contribution is 2.27. The summed E-state index contributed by atoms with van der Waals surface area (Å²) < 4.78 is 1.19. The number of nitrogens with one attached hydrogen (secondary N) is 1. The molecule has 2 aromatic rings. The zero-order valence-electron chi connectivity index (χ0n) is 12.0. The minimum atomic E-state index is 0.450. The fourth-order valence-corrected chi connectivity index (χ4v) is 3.42. The van der Waals surface area contributed by atoms with E-state index in [0.29, 0.717) is 11.8 Å². The third-order valence-electron chi connectivity index (χ3n) is 3.23. The SMILES string of the molecule is CC(C)CNCC(Cc1cscn1)c1ccccc1Br. The van der Waals surface area contributed by atoms with Gasteiger partial charge in [-0.3, -0.25) is 0 Å². The minimum absolute atomic E-state index is 0.450. The fraction of sp³-hybridized carbons (Fsp3) is 0.438. The summed E-state index contributed by atoms with van der Waals surface area (Å²) in [5, 5.41) is 5.72. The Balaban J connectivity index is 2.09. The van der Waals surface area contributed by atoms with Gasteiger partial charge in [0.25, 0.3) is 0 Å². The summed E-state index contributed by atoms with van der Waals surface area (Å²) in [6.07, 6.45) is 0.983. The van der Waals surface area contributed by atoms with Crippen LogP contribution in [0.5, 0.6) is 0 Å². The Labute approximate surface area is 133 Å². The van der Waals surface area contributed by atoms with E-state index < -0.39 is 0 Å². The lowest BCUT2D eigenvalue weighted by Gasteiger charge is -2.19. The maximum atomic E-state index is 4.43. The van der Waals surface area contributed by atoms with Gasteiger partial charge in [-0.2, -0.15) is 0 Å². The van der Waals surface area contributed by atoms with Crippen LogP contribution in [0.4, 0.5) is 0 Å². The second kappa shape index (κ2) is 7.91. The molecule has 0 spiro atoms. The van der Waals surface area contributed by atoms with E-state index in [2.05, 4.69) is 69.7 Å². The largest absolute Gasteiger partial charge is 0.316 e. The van der Waals surface area contributed by atoms with Crippen molar-refractivity contribution in [2.45, 2.75) is 26.2 Å². The number of hydrogen-bond acceptors (Lipinski definition) is 3. The maximum Gasteiger partial charge on any atom is 0.0794 e. The first-order valence-electron chi connectivity index (χ1n) is 6.99. The van der Waals surface area contributed by atoms with Crippen LogP contribution >= 0.6 is 27.3 Å². The number of hydrogen-bond donors (Lipinski definition) is 1. The van der Waals surface area contributed by atoms with Crippen LogP contribution in [0.3, 0.4) is 0 Å². The Kier molecular flexibility index (Phi) is 6.20. The molecule has 20 heavy (non-hydrogen) atoms. The summed E-state index contributed by atoms with van der Waals surface area (Å²) in [6, 6.07) is 8.50. The van der Waals surface area contributed by atoms with Crippen molar-refractivity contribution in [1.29, 1.82) is 0 Å². The first kappa shape index (κ1) is 15.7. The highest BCUT2D eigenvalue weighted by molar-refractivity contribution is 9.10. The number of nitrogens with zero attached hydrogens (tertiary/aromatic N) is 1. The summed E-state index contributed by atoms with van der Waals surface area (Å²) in [5.74, 6) is 1.13. The molecule has 2 nitrogen and oxygen atoms in total. The normalized spacial score (nSPS) is 12.8. The first-order chi connectivity index (χ1) is 9.66. The van der Waals surface area contributed by atoms with E-state index in [1.54, 1.807) is 11.3 Å². The van der Waals surface area contributed by atoms with Crippen molar-refractivity contribution in [1.82, 2.24) is 10.3 Å². The molecule has 2 rings (SSSR count). The topological polar surface area (TPSA) is 24.9 Å². The van der Waals surface area contributed by atoms with E-state index >= 15 is 0 Å². The Morgan fingerprint density at radius 2 is 2.05 bits per heavy atom. The van der Waals surface area contributed by atoms with Gasteiger partial charge in [0.05, 0.1) is 11.2 Å². The predicted octanol–water partition coefficient (Wildman–Crippen LogP) is 4.48. The molecule has 0 saturated carbocycles. The monoisotopic (exact) mass is 352 g/mol. The van der Waals surface area contributed by atoms with Crippen LogP contribution in [-0.4, -0.2) is 18.1 Å². The lowest BCUT2D eigenvalue weighted by Crippen LogP contribution is -2.26. The molecule has 0 bridgehead atoms. The summed E-state index contributed by atoms with van der Waals surface area (Å²) in [4.78, 5) is 4.43. The van der Waals surface area contributed by atoms with Crippen molar-refractivity contribution >= 4 is 27.3 Å². The molecule has 1 aromatic heterocycles. The van der Waals surface area contributed by atoms with E-state index in [9.17, 15) is 0 Å². The van der Waals surface area contributed by atoms with Gasteiger partial charge in [0.1, 0.15) is 0 Å². The summed E-state index contributed by atoms with van der Waals surface area (Å²) in [5.41, 5.74) is 4.45. The van der Waals surface area contributed by atoms with E-state index in [-0.39, 0.29) is 0 Å². The van der Waals surface area contributed by atoms with Gasteiger partial charge in [0.15, 0.2) is 0 Å². The highest BCUT2D eigenvalue weighted by Gasteiger charge is 2.16. The molecule has 1 N–H and O–H groups in total. The average Bonchev–Trinajstić information content (AvgIpc) is 2.91. The number of thiazole rings is 1. The number of benzene rings is 1. The average molecular weight is 353 g/mol. The van der Waals surface area contributed by atoms with Gasteiger partial charge >= 0.3 is 0 Å². The molecule has 0 radical (unpaired) electrons. The van der Waals surface area contributed by atoms with E-state index in [1.165, 1.54) is 15.7 Å². The van der Waals surface area contributed by atoms with Crippen molar-refractivity contribution in [2.75, 3.05) is 13.1 Å². The third-order valence-corrected chi connectivity index (χ3v) is 4.58. The number of aromatic nitrogens is 1. The minimum Gasteiger partial charge on any atom is -0.316 e. The third kappa shape index (κ3) is 4.69. The maximum absolute atomic E-state index is 4.43. The second-order valence-corrected chi connectivity index (χ2v) is 7.03. The van der Waals surface area contributed by atoms with E-state index in [4.69, 9.17) is 0 Å². The summed E-state index contributed by atoms with van der Waals surface area (Å²) in [7, 11) is 0. The lowest BCUT2D eigenvalue weighted by molar-refractivity contribution is 0.512. The Morgan fingerprint density at radius 1 is 1.25 bits per heavy atom. The molecule has 0 saturated heterocycles. The van der Waals surface area contributed by atoms with Crippen molar-refractivity contribution in [2.24, 2.45) is 5.92 Å². The van der Waals surface area contributed by atoms with E-state index in [0.717, 1.165) is 19.5 Å². The Morgan fingerprint density at radius 3 is 2.70 bits per heavy atom. The van der Waals surface area contributed by atoms with Gasteiger partial charge in [0, 0.05) is 22.3 Å². The van der Waals surface area contributed by atoms with Crippen molar-refractivity contribution in [3.8, 4) is 0 Å². The van der Waals surface area contributed by atoms with Crippen LogP contribution in [0, 0.1) is 5.92 Å². The standard InChI is InChI=1S/C16H21BrN2S/c1-12(2)8-18-9-13(7-14-10-20-11-19-14)15-5-3-4-6-16(15)17/h3-6,10-13,18H,7-9H2,1-2H3. The molecule has 0 aliphatic carbocycles. The fourth-order valence-electron chi connectivity index (χ4n) is 2.24. The van der Waals surface area contributed by atoms with Gasteiger partial charge in [-0.05, 0) is 30.5 Å². The molecular weight excluding hydrogens is 332 g/mol. The van der Waals surface area contributed by atoms with Gasteiger partial charge in [-0.25, -0.2) is 4.98 Å². The van der Waals surface area contributed by atoms with Crippen molar-refractivity contribution in [3.05, 3.63) is 50.9 Å². The summed E-state index contributed by atoms with van der Waals surface area (Å²) in [6.45, 7) is 6.51. The molecule has 1 unspecified atom stereocenters.